The number of nitrogens with one attached hydrogen (secondary N) is 2. The average Bonchev–Trinajstić information content (AvgIpc) is 2.83. The Labute approximate surface area is 75.2 Å². The van der Waals surface area contributed by atoms with Gasteiger partial charge < -0.3 is 10.4 Å². The van der Waals surface area contributed by atoms with E-state index in [-0.39, 0.29) is 6.54 Å². The van der Waals surface area contributed by atoms with Gasteiger partial charge in [-0.3, -0.25) is 5.10 Å². The third kappa shape index (κ3) is 1.99. The smallest absolute Gasteiger partial charge is 0.404 e. The van der Waals surface area contributed by atoms with E-state index in [1.165, 1.54) is 12.8 Å². The first-order chi connectivity index (χ1) is 6.25. The average molecular weight is 181 g/mol. The molecule has 0 saturated heterocycles. The summed E-state index contributed by atoms with van der Waals surface area (Å²) in [6.45, 7) is 0.276. The van der Waals surface area contributed by atoms with Crippen molar-refractivity contribution < 1.29 is 9.90 Å². The minimum absolute atomic E-state index is 0.276. The van der Waals surface area contributed by atoms with Gasteiger partial charge in [-0.05, 0) is 18.9 Å². The molecular formula is C8H11N3O2. The van der Waals surface area contributed by atoms with Gasteiger partial charge in [0.2, 0.25) is 0 Å². The molecule has 1 heterocycles. The normalized spacial score (nSPS) is 15.7. The fourth-order valence-electron chi connectivity index (χ4n) is 1.24. The molecule has 1 saturated carbocycles. The highest BCUT2D eigenvalue weighted by Crippen LogP contribution is 2.38. The quantitative estimate of drug-likeness (QED) is 0.652. The molecule has 70 valence electrons. The standard InChI is InChI=1S/C8H11N3O2/c12-8(13)9-4-6-3-7(11-10-6)5-1-2-5/h3,5,9H,1-2,4H2,(H,10,11)(H,12,13). The third-order valence-electron chi connectivity index (χ3n) is 2.09. The Morgan fingerprint density at radius 1 is 1.77 bits per heavy atom. The van der Waals surface area contributed by atoms with E-state index in [0.29, 0.717) is 5.92 Å². The Hall–Kier alpha value is -1.52. The molecule has 1 aliphatic carbocycles. The fraction of sp³-hybridized carbons (Fsp3) is 0.500. The van der Waals surface area contributed by atoms with Gasteiger partial charge in [0.1, 0.15) is 0 Å². The first kappa shape index (κ1) is 8.10. The lowest BCUT2D eigenvalue weighted by atomic mass is 10.3. The number of H-pyrrole nitrogens is 1. The van der Waals surface area contributed by atoms with Crippen molar-refractivity contribution in [2.45, 2.75) is 25.3 Å². The van der Waals surface area contributed by atoms with Crippen LogP contribution in [-0.4, -0.2) is 21.4 Å². The first-order valence-corrected chi connectivity index (χ1v) is 4.26. The SMILES string of the molecule is O=C(O)NCc1cc(C2CC2)[nH]n1. The molecule has 0 aliphatic heterocycles. The molecule has 0 unspecified atom stereocenters. The van der Waals surface area contributed by atoms with Crippen molar-refractivity contribution in [1.82, 2.24) is 15.5 Å². The van der Waals surface area contributed by atoms with E-state index in [9.17, 15) is 4.79 Å². The van der Waals surface area contributed by atoms with E-state index in [0.717, 1.165) is 11.4 Å². The molecule has 0 aromatic carbocycles. The van der Waals surface area contributed by atoms with Crippen LogP contribution >= 0.6 is 0 Å². The van der Waals surface area contributed by atoms with Crippen molar-refractivity contribution in [3.63, 3.8) is 0 Å². The molecule has 1 aliphatic rings. The number of carbonyl (C=O) groups is 1. The highest BCUT2D eigenvalue weighted by molar-refractivity contribution is 5.64. The number of aromatic amines is 1. The minimum Gasteiger partial charge on any atom is -0.465 e. The second-order valence-corrected chi connectivity index (χ2v) is 3.25. The summed E-state index contributed by atoms with van der Waals surface area (Å²) in [7, 11) is 0. The first-order valence-electron chi connectivity index (χ1n) is 4.26. The summed E-state index contributed by atoms with van der Waals surface area (Å²) < 4.78 is 0. The summed E-state index contributed by atoms with van der Waals surface area (Å²) in [5.74, 6) is 0.631. The Bertz CT molecular complexity index is 317. The zero-order valence-electron chi connectivity index (χ0n) is 7.08. The number of rotatable bonds is 3. The molecule has 0 spiro atoms. The number of hydrogen-bond acceptors (Lipinski definition) is 2. The van der Waals surface area contributed by atoms with Crippen LogP contribution < -0.4 is 5.32 Å². The lowest BCUT2D eigenvalue weighted by molar-refractivity contribution is 0.194. The van der Waals surface area contributed by atoms with E-state index in [4.69, 9.17) is 5.11 Å². The number of aromatic nitrogens is 2. The van der Waals surface area contributed by atoms with Crippen LogP contribution in [0.3, 0.4) is 0 Å². The summed E-state index contributed by atoms with van der Waals surface area (Å²) in [6, 6.07) is 1.92. The van der Waals surface area contributed by atoms with Crippen LogP contribution in [-0.2, 0) is 6.54 Å². The predicted octanol–water partition coefficient (Wildman–Crippen LogP) is 1.05. The number of amides is 1. The molecule has 1 amide bonds. The molecule has 1 aromatic heterocycles. The summed E-state index contributed by atoms with van der Waals surface area (Å²) in [5, 5.41) is 17.5. The minimum atomic E-state index is -1.02. The van der Waals surface area contributed by atoms with Gasteiger partial charge in [-0.2, -0.15) is 5.10 Å². The van der Waals surface area contributed by atoms with Crippen LogP contribution in [0.4, 0.5) is 4.79 Å². The number of nitrogens with zero attached hydrogens (tertiary/aromatic N) is 1. The maximum atomic E-state index is 10.2. The van der Waals surface area contributed by atoms with Gasteiger partial charge in [0.05, 0.1) is 12.2 Å². The molecule has 5 nitrogen and oxygen atoms in total. The van der Waals surface area contributed by atoms with Crippen LogP contribution in [0.5, 0.6) is 0 Å². The third-order valence-corrected chi connectivity index (χ3v) is 2.09. The van der Waals surface area contributed by atoms with Crippen molar-refractivity contribution in [3.8, 4) is 0 Å². The second-order valence-electron chi connectivity index (χ2n) is 3.25. The van der Waals surface area contributed by atoms with Gasteiger partial charge in [-0.15, -0.1) is 0 Å². The Morgan fingerprint density at radius 2 is 2.54 bits per heavy atom. The van der Waals surface area contributed by atoms with E-state index in [1.807, 2.05) is 6.07 Å². The zero-order chi connectivity index (χ0) is 9.26. The van der Waals surface area contributed by atoms with E-state index < -0.39 is 6.09 Å². The monoisotopic (exact) mass is 181 g/mol. The van der Waals surface area contributed by atoms with Crippen molar-refractivity contribution in [1.29, 1.82) is 0 Å². The van der Waals surface area contributed by atoms with Gasteiger partial charge in [0, 0.05) is 11.6 Å². The Morgan fingerprint density at radius 3 is 3.15 bits per heavy atom. The lowest BCUT2D eigenvalue weighted by Crippen LogP contribution is -2.20. The van der Waals surface area contributed by atoms with Crippen molar-refractivity contribution >= 4 is 6.09 Å². The van der Waals surface area contributed by atoms with Gasteiger partial charge in [-0.25, -0.2) is 4.79 Å². The highest BCUT2D eigenvalue weighted by atomic mass is 16.4. The molecule has 1 fully saturated rings. The van der Waals surface area contributed by atoms with Gasteiger partial charge in [0.25, 0.3) is 0 Å². The molecule has 0 radical (unpaired) electrons. The second kappa shape index (κ2) is 3.08. The van der Waals surface area contributed by atoms with Crippen LogP contribution in [0.1, 0.15) is 30.1 Å². The summed E-state index contributed by atoms with van der Waals surface area (Å²) >= 11 is 0. The molecule has 0 atom stereocenters. The largest absolute Gasteiger partial charge is 0.465 e. The van der Waals surface area contributed by atoms with Crippen molar-refractivity contribution in [2.75, 3.05) is 0 Å². The fourth-order valence-corrected chi connectivity index (χ4v) is 1.24. The molecule has 0 bridgehead atoms. The van der Waals surface area contributed by atoms with Crippen LogP contribution in [0, 0.1) is 0 Å². The van der Waals surface area contributed by atoms with Crippen LogP contribution in [0.2, 0.25) is 0 Å². The Kier molecular flexibility index (Phi) is 1.92. The van der Waals surface area contributed by atoms with Gasteiger partial charge in [-0.1, -0.05) is 0 Å². The molecule has 3 N–H and O–H groups in total. The summed E-state index contributed by atoms with van der Waals surface area (Å²) in [4.78, 5) is 10.2. The molecule has 2 rings (SSSR count). The number of hydrogen-bond donors (Lipinski definition) is 3. The van der Waals surface area contributed by atoms with E-state index in [1.54, 1.807) is 0 Å². The van der Waals surface area contributed by atoms with E-state index in [2.05, 4.69) is 15.5 Å². The predicted molar refractivity (Wildman–Crippen MR) is 45.4 cm³/mol. The van der Waals surface area contributed by atoms with Gasteiger partial charge >= 0.3 is 6.09 Å². The maximum absolute atomic E-state index is 10.2. The van der Waals surface area contributed by atoms with Crippen LogP contribution in [0.25, 0.3) is 0 Å². The zero-order valence-corrected chi connectivity index (χ0v) is 7.08. The van der Waals surface area contributed by atoms with E-state index >= 15 is 0 Å². The van der Waals surface area contributed by atoms with Crippen molar-refractivity contribution in [2.24, 2.45) is 0 Å². The Balaban J connectivity index is 1.92. The summed E-state index contributed by atoms with van der Waals surface area (Å²) in [5.41, 5.74) is 1.88. The highest BCUT2D eigenvalue weighted by Gasteiger charge is 2.25. The number of carboxylic acid groups (broad SMARTS) is 1. The lowest BCUT2D eigenvalue weighted by Gasteiger charge is -1.93. The molecule has 1 aromatic rings. The molecular weight excluding hydrogens is 170 g/mol. The molecule has 5 heteroatoms. The summed E-state index contributed by atoms with van der Waals surface area (Å²) in [6.07, 6.45) is 1.41. The topological polar surface area (TPSA) is 78.0 Å². The maximum Gasteiger partial charge on any atom is 0.404 e. The van der Waals surface area contributed by atoms with Crippen LogP contribution in [0.15, 0.2) is 6.07 Å². The van der Waals surface area contributed by atoms with Crippen molar-refractivity contribution in [3.05, 3.63) is 17.5 Å². The molecule has 13 heavy (non-hydrogen) atoms. The van der Waals surface area contributed by atoms with Gasteiger partial charge in [0.15, 0.2) is 0 Å².